The van der Waals surface area contributed by atoms with Crippen molar-refractivity contribution in [2.45, 2.75) is 25.7 Å². The molecular formula is C12H18N2O3. The summed E-state index contributed by atoms with van der Waals surface area (Å²) in [6, 6.07) is -0.104. The number of hydrogen-bond acceptors (Lipinski definition) is 2. The number of likely N-dealkylation sites (tertiary alicyclic amines) is 1. The van der Waals surface area contributed by atoms with Gasteiger partial charge < -0.3 is 15.3 Å². The van der Waals surface area contributed by atoms with Gasteiger partial charge in [0.05, 0.1) is 6.42 Å². The number of nitrogens with one attached hydrogen (secondary N) is 1. The second-order valence-electron chi connectivity index (χ2n) is 4.26. The van der Waals surface area contributed by atoms with Gasteiger partial charge in [-0.05, 0) is 12.8 Å². The standard InChI is InChI=1S/C12H18N2O3/c1-2-3-4-5-6-13-12(17)14-8-10(9-14)7-11(15)16/h1,10H,3-9H2,(H,13,17)(H,15,16). The number of aliphatic carboxylic acids is 1. The first-order valence-corrected chi connectivity index (χ1v) is 5.81. The van der Waals surface area contributed by atoms with Gasteiger partial charge in [-0.1, -0.05) is 0 Å². The molecule has 0 aromatic rings. The first kappa shape index (κ1) is 13.4. The summed E-state index contributed by atoms with van der Waals surface area (Å²) in [6.07, 6.45) is 7.78. The zero-order valence-corrected chi connectivity index (χ0v) is 9.82. The minimum Gasteiger partial charge on any atom is -0.481 e. The molecule has 1 rings (SSSR count). The number of carbonyl (C=O) groups excluding carboxylic acids is 1. The number of terminal acetylenes is 1. The monoisotopic (exact) mass is 238 g/mol. The third-order valence-electron chi connectivity index (χ3n) is 2.73. The summed E-state index contributed by atoms with van der Waals surface area (Å²) >= 11 is 0. The van der Waals surface area contributed by atoms with Crippen molar-refractivity contribution in [3.05, 3.63) is 0 Å². The van der Waals surface area contributed by atoms with Crippen molar-refractivity contribution < 1.29 is 14.7 Å². The van der Waals surface area contributed by atoms with Crippen LogP contribution in [0, 0.1) is 18.3 Å². The zero-order valence-electron chi connectivity index (χ0n) is 9.82. The second-order valence-corrected chi connectivity index (χ2v) is 4.26. The molecule has 0 atom stereocenters. The smallest absolute Gasteiger partial charge is 0.317 e. The van der Waals surface area contributed by atoms with Crippen LogP contribution in [-0.4, -0.2) is 41.6 Å². The third-order valence-corrected chi connectivity index (χ3v) is 2.73. The fraction of sp³-hybridized carbons (Fsp3) is 0.667. The van der Waals surface area contributed by atoms with Crippen LogP contribution in [0.4, 0.5) is 4.79 Å². The summed E-state index contributed by atoms with van der Waals surface area (Å²) in [7, 11) is 0. The molecule has 1 aliphatic rings. The lowest BCUT2D eigenvalue weighted by Gasteiger charge is -2.38. The maximum atomic E-state index is 11.5. The molecule has 0 saturated carbocycles. The molecule has 94 valence electrons. The number of urea groups is 1. The Balaban J connectivity index is 2.03. The topological polar surface area (TPSA) is 69.6 Å². The Labute approximate surface area is 101 Å². The Morgan fingerprint density at radius 3 is 2.71 bits per heavy atom. The molecule has 5 nitrogen and oxygen atoms in total. The van der Waals surface area contributed by atoms with Crippen molar-refractivity contribution in [3.63, 3.8) is 0 Å². The third kappa shape index (κ3) is 4.77. The van der Waals surface area contributed by atoms with Crippen molar-refractivity contribution in [1.29, 1.82) is 0 Å². The number of unbranched alkanes of at least 4 members (excludes halogenated alkanes) is 2. The summed E-state index contributed by atoms with van der Waals surface area (Å²) < 4.78 is 0. The van der Waals surface area contributed by atoms with Gasteiger partial charge in [0.25, 0.3) is 0 Å². The number of nitrogens with zero attached hydrogens (tertiary/aromatic N) is 1. The molecule has 0 aromatic carbocycles. The fourth-order valence-electron chi connectivity index (χ4n) is 1.77. The number of amides is 2. The second kappa shape index (κ2) is 6.79. The van der Waals surface area contributed by atoms with Gasteiger partial charge in [0.15, 0.2) is 0 Å². The normalized spacial score (nSPS) is 14.9. The van der Waals surface area contributed by atoms with Crippen LogP contribution in [0.5, 0.6) is 0 Å². The highest BCUT2D eigenvalue weighted by Crippen LogP contribution is 2.18. The SMILES string of the molecule is C#CCCCCNC(=O)N1CC(CC(=O)O)C1. The van der Waals surface area contributed by atoms with Crippen molar-refractivity contribution >= 4 is 12.0 Å². The van der Waals surface area contributed by atoms with E-state index in [0.717, 1.165) is 19.3 Å². The molecular weight excluding hydrogens is 220 g/mol. The minimum absolute atomic E-state index is 0.104. The van der Waals surface area contributed by atoms with Crippen molar-refractivity contribution in [2.75, 3.05) is 19.6 Å². The lowest BCUT2D eigenvalue weighted by Crippen LogP contribution is -2.54. The van der Waals surface area contributed by atoms with Crippen molar-refractivity contribution in [3.8, 4) is 12.3 Å². The van der Waals surface area contributed by atoms with E-state index in [1.807, 2.05) is 0 Å². The van der Waals surface area contributed by atoms with Gasteiger partial charge in [0.1, 0.15) is 0 Å². The molecule has 0 unspecified atom stereocenters. The molecule has 1 saturated heterocycles. The van der Waals surface area contributed by atoms with E-state index in [-0.39, 0.29) is 18.4 Å². The highest BCUT2D eigenvalue weighted by Gasteiger charge is 2.31. The molecule has 0 spiro atoms. The molecule has 17 heavy (non-hydrogen) atoms. The van der Waals surface area contributed by atoms with Gasteiger partial charge in [0, 0.05) is 32.0 Å². The maximum Gasteiger partial charge on any atom is 0.317 e. The molecule has 1 fully saturated rings. The number of carboxylic acids is 1. The Bertz CT molecular complexity index is 316. The minimum atomic E-state index is -0.802. The van der Waals surface area contributed by atoms with Crippen LogP contribution >= 0.6 is 0 Å². The van der Waals surface area contributed by atoms with Crippen LogP contribution in [0.3, 0.4) is 0 Å². The summed E-state index contributed by atoms with van der Waals surface area (Å²) in [5, 5.41) is 11.4. The predicted molar refractivity (Wildman–Crippen MR) is 63.4 cm³/mol. The molecule has 0 bridgehead atoms. The molecule has 0 aliphatic carbocycles. The Hall–Kier alpha value is -1.70. The van der Waals surface area contributed by atoms with Crippen LogP contribution < -0.4 is 5.32 Å². The van der Waals surface area contributed by atoms with E-state index in [4.69, 9.17) is 11.5 Å². The van der Waals surface area contributed by atoms with Crippen LogP contribution in [0.15, 0.2) is 0 Å². The molecule has 1 aliphatic heterocycles. The molecule has 2 N–H and O–H groups in total. The summed E-state index contributed by atoms with van der Waals surface area (Å²) in [6.45, 7) is 1.71. The predicted octanol–water partition coefficient (Wildman–Crippen LogP) is 0.906. The Morgan fingerprint density at radius 1 is 1.41 bits per heavy atom. The average Bonchev–Trinajstić information content (AvgIpc) is 2.22. The lowest BCUT2D eigenvalue weighted by molar-refractivity contribution is -0.139. The highest BCUT2D eigenvalue weighted by molar-refractivity contribution is 5.75. The molecule has 1 heterocycles. The first-order valence-electron chi connectivity index (χ1n) is 5.81. The average molecular weight is 238 g/mol. The van der Waals surface area contributed by atoms with Gasteiger partial charge in [-0.25, -0.2) is 4.79 Å². The number of rotatable bonds is 6. The van der Waals surface area contributed by atoms with Crippen molar-refractivity contribution in [2.24, 2.45) is 5.92 Å². The summed E-state index contributed by atoms with van der Waals surface area (Å²) in [5.41, 5.74) is 0. The van der Waals surface area contributed by atoms with E-state index in [1.54, 1.807) is 4.90 Å². The fourth-order valence-corrected chi connectivity index (χ4v) is 1.77. The lowest BCUT2D eigenvalue weighted by atomic mass is 9.97. The first-order chi connectivity index (χ1) is 8.13. The van der Waals surface area contributed by atoms with E-state index < -0.39 is 5.97 Å². The van der Waals surface area contributed by atoms with E-state index in [9.17, 15) is 9.59 Å². The van der Waals surface area contributed by atoms with Gasteiger partial charge in [-0.2, -0.15) is 0 Å². The van der Waals surface area contributed by atoms with Gasteiger partial charge in [-0.15, -0.1) is 12.3 Å². The Kier molecular flexibility index (Phi) is 5.34. The summed E-state index contributed by atoms with van der Waals surface area (Å²) in [5.74, 6) is 1.86. The number of hydrogen-bond donors (Lipinski definition) is 2. The van der Waals surface area contributed by atoms with Gasteiger partial charge in [-0.3, -0.25) is 4.79 Å². The van der Waals surface area contributed by atoms with E-state index in [1.165, 1.54) is 0 Å². The van der Waals surface area contributed by atoms with Crippen LogP contribution in [0.1, 0.15) is 25.7 Å². The van der Waals surface area contributed by atoms with Gasteiger partial charge in [0.2, 0.25) is 0 Å². The molecule has 0 radical (unpaired) electrons. The van der Waals surface area contributed by atoms with E-state index in [0.29, 0.717) is 19.6 Å². The van der Waals surface area contributed by atoms with Crippen LogP contribution in [-0.2, 0) is 4.79 Å². The van der Waals surface area contributed by atoms with Crippen molar-refractivity contribution in [1.82, 2.24) is 10.2 Å². The highest BCUT2D eigenvalue weighted by atomic mass is 16.4. The van der Waals surface area contributed by atoms with Crippen LogP contribution in [0.25, 0.3) is 0 Å². The van der Waals surface area contributed by atoms with E-state index in [2.05, 4.69) is 11.2 Å². The molecule has 2 amide bonds. The number of carbonyl (C=O) groups is 2. The molecule has 0 aromatic heterocycles. The summed E-state index contributed by atoms with van der Waals surface area (Å²) in [4.78, 5) is 23.6. The quantitative estimate of drug-likeness (QED) is 0.533. The van der Waals surface area contributed by atoms with Crippen LogP contribution in [0.2, 0.25) is 0 Å². The largest absolute Gasteiger partial charge is 0.481 e. The van der Waals surface area contributed by atoms with Gasteiger partial charge >= 0.3 is 12.0 Å². The zero-order chi connectivity index (χ0) is 12.7. The maximum absolute atomic E-state index is 11.5. The Morgan fingerprint density at radius 2 is 2.12 bits per heavy atom. The molecule has 5 heteroatoms. The number of carboxylic acid groups (broad SMARTS) is 1. The van der Waals surface area contributed by atoms with E-state index >= 15 is 0 Å².